The van der Waals surface area contributed by atoms with Gasteiger partial charge in [-0.2, -0.15) is 0 Å². The van der Waals surface area contributed by atoms with E-state index in [0.717, 1.165) is 12.5 Å². The van der Waals surface area contributed by atoms with Crippen LogP contribution in [0.3, 0.4) is 0 Å². The molecule has 0 aliphatic carbocycles. The van der Waals surface area contributed by atoms with Crippen LogP contribution in [0.25, 0.3) is 0 Å². The van der Waals surface area contributed by atoms with Gasteiger partial charge in [0.2, 0.25) is 0 Å². The van der Waals surface area contributed by atoms with Crippen molar-refractivity contribution in [1.29, 1.82) is 0 Å². The number of hydrogen-bond donors (Lipinski definition) is 1. The van der Waals surface area contributed by atoms with E-state index in [0.29, 0.717) is 6.61 Å². The van der Waals surface area contributed by atoms with E-state index in [4.69, 9.17) is 19.3 Å². The number of rotatable bonds is 7. The summed E-state index contributed by atoms with van der Waals surface area (Å²) in [6.07, 6.45) is 0.597. The normalized spacial score (nSPS) is 14.5. The lowest BCUT2D eigenvalue weighted by Gasteiger charge is -2.24. The van der Waals surface area contributed by atoms with Gasteiger partial charge < -0.3 is 19.3 Å². The molecule has 4 nitrogen and oxygen atoms in total. The Morgan fingerprint density at radius 2 is 1.85 bits per heavy atom. The molecule has 1 unspecified atom stereocenters. The fourth-order valence-electron chi connectivity index (χ4n) is 0.989. The van der Waals surface area contributed by atoms with Crippen LogP contribution < -0.4 is 5.73 Å². The van der Waals surface area contributed by atoms with Crippen molar-refractivity contribution in [2.45, 2.75) is 32.2 Å². The molecule has 0 saturated carbocycles. The zero-order valence-corrected chi connectivity index (χ0v) is 10.0. The Morgan fingerprint density at radius 3 is 2.23 bits per heavy atom. The molecule has 0 amide bonds. The molecule has 0 aromatic rings. The van der Waals surface area contributed by atoms with Crippen LogP contribution >= 0.6 is 0 Å². The summed E-state index contributed by atoms with van der Waals surface area (Å²) >= 11 is 0. The van der Waals surface area contributed by atoms with Gasteiger partial charge in [-0.05, 0) is 25.9 Å². The van der Waals surface area contributed by atoms with Crippen LogP contribution in [0.4, 0.5) is 0 Å². The summed E-state index contributed by atoms with van der Waals surface area (Å²) in [6.45, 7) is 4.61. The molecule has 13 heavy (non-hydrogen) atoms. The third kappa shape index (κ3) is 5.38. The summed E-state index contributed by atoms with van der Waals surface area (Å²) in [5.74, 6) is 0. The Morgan fingerprint density at radius 1 is 1.31 bits per heavy atom. The summed E-state index contributed by atoms with van der Waals surface area (Å²) in [6, 6.07) is 0.862. The molecule has 0 aliphatic heterocycles. The predicted octanol–water partition coefficient (Wildman–Crippen LogP) is 1.06. The number of nitrogens with two attached hydrogens (primary N) is 1. The highest BCUT2D eigenvalue weighted by Crippen LogP contribution is 2.14. The quantitative estimate of drug-likeness (QED) is 0.501. The minimum Gasteiger partial charge on any atom is -0.398 e. The maximum Gasteiger partial charge on any atom is 0.334 e. The number of ether oxygens (including phenoxy) is 1. The molecule has 80 valence electrons. The van der Waals surface area contributed by atoms with Crippen LogP contribution in [0.5, 0.6) is 0 Å². The maximum atomic E-state index is 5.69. The van der Waals surface area contributed by atoms with Crippen molar-refractivity contribution >= 4 is 8.56 Å². The molecule has 0 bridgehead atoms. The van der Waals surface area contributed by atoms with E-state index in [-0.39, 0.29) is 6.23 Å². The Balaban J connectivity index is 3.71. The van der Waals surface area contributed by atoms with Crippen LogP contribution in [-0.4, -0.2) is 35.6 Å². The van der Waals surface area contributed by atoms with E-state index in [1.807, 2.05) is 13.5 Å². The summed E-state index contributed by atoms with van der Waals surface area (Å²) in [5, 5.41) is 0. The zero-order valence-electron chi connectivity index (χ0n) is 9.00. The zero-order chi connectivity index (χ0) is 10.3. The van der Waals surface area contributed by atoms with Crippen LogP contribution in [0.15, 0.2) is 0 Å². The first-order valence-electron chi connectivity index (χ1n) is 4.55. The monoisotopic (exact) mass is 207 g/mol. The molecule has 0 aliphatic rings. The minimum atomic E-state index is -1.95. The fourth-order valence-corrected chi connectivity index (χ4v) is 2.37. The Kier molecular flexibility index (Phi) is 6.53. The first-order valence-corrected chi connectivity index (χ1v) is 7.07. The van der Waals surface area contributed by atoms with Crippen molar-refractivity contribution in [2.75, 3.05) is 20.8 Å². The Labute approximate surface area is 81.6 Å². The largest absolute Gasteiger partial charge is 0.398 e. The van der Waals surface area contributed by atoms with Crippen molar-refractivity contribution < 1.29 is 13.6 Å². The molecule has 0 aromatic carbocycles. The highest BCUT2D eigenvalue weighted by molar-refractivity contribution is 6.65. The maximum absolute atomic E-state index is 5.69. The molecule has 5 heteroatoms. The SMILES string of the molecule is CCOC(N)CC[Si](C)(OC)OC. The topological polar surface area (TPSA) is 53.7 Å². The lowest BCUT2D eigenvalue weighted by molar-refractivity contribution is 0.0628. The molecule has 0 heterocycles. The van der Waals surface area contributed by atoms with Gasteiger partial charge in [0, 0.05) is 20.8 Å². The van der Waals surface area contributed by atoms with E-state index in [2.05, 4.69) is 0 Å². The molecule has 0 fully saturated rings. The summed E-state index contributed by atoms with van der Waals surface area (Å²) in [4.78, 5) is 0. The van der Waals surface area contributed by atoms with Crippen molar-refractivity contribution in [3.63, 3.8) is 0 Å². The molecule has 0 radical (unpaired) electrons. The van der Waals surface area contributed by atoms with Crippen molar-refractivity contribution in [2.24, 2.45) is 5.73 Å². The average Bonchev–Trinajstić information content (AvgIpc) is 2.15. The summed E-state index contributed by atoms with van der Waals surface area (Å²) < 4.78 is 15.9. The van der Waals surface area contributed by atoms with E-state index in [9.17, 15) is 0 Å². The summed E-state index contributed by atoms with van der Waals surface area (Å²) in [7, 11) is 1.42. The average molecular weight is 207 g/mol. The second kappa shape index (κ2) is 6.50. The van der Waals surface area contributed by atoms with Crippen molar-refractivity contribution in [3.8, 4) is 0 Å². The van der Waals surface area contributed by atoms with E-state index >= 15 is 0 Å². The highest BCUT2D eigenvalue weighted by atomic mass is 28.4. The predicted molar refractivity (Wildman–Crippen MR) is 54.7 cm³/mol. The number of hydrogen-bond acceptors (Lipinski definition) is 4. The van der Waals surface area contributed by atoms with E-state index < -0.39 is 8.56 Å². The van der Waals surface area contributed by atoms with Gasteiger partial charge in [0.15, 0.2) is 0 Å². The van der Waals surface area contributed by atoms with Gasteiger partial charge in [0.1, 0.15) is 6.23 Å². The van der Waals surface area contributed by atoms with Crippen molar-refractivity contribution in [1.82, 2.24) is 0 Å². The highest BCUT2D eigenvalue weighted by Gasteiger charge is 2.28. The fraction of sp³-hybridized carbons (Fsp3) is 1.00. The molecule has 0 rings (SSSR count). The molecule has 2 N–H and O–H groups in total. The van der Waals surface area contributed by atoms with Gasteiger partial charge in [-0.15, -0.1) is 0 Å². The molecular weight excluding hydrogens is 186 g/mol. The van der Waals surface area contributed by atoms with Gasteiger partial charge in [0.25, 0.3) is 0 Å². The van der Waals surface area contributed by atoms with E-state index in [1.54, 1.807) is 14.2 Å². The van der Waals surface area contributed by atoms with Crippen LogP contribution in [-0.2, 0) is 13.6 Å². The smallest absolute Gasteiger partial charge is 0.334 e. The second-order valence-corrected chi connectivity index (χ2v) is 6.66. The van der Waals surface area contributed by atoms with Crippen LogP contribution in [0.1, 0.15) is 13.3 Å². The minimum absolute atomic E-state index is 0.192. The van der Waals surface area contributed by atoms with Gasteiger partial charge in [-0.25, -0.2) is 0 Å². The van der Waals surface area contributed by atoms with Gasteiger partial charge in [0.05, 0.1) is 0 Å². The lowest BCUT2D eigenvalue weighted by atomic mass is 10.4. The van der Waals surface area contributed by atoms with Crippen LogP contribution in [0, 0.1) is 0 Å². The van der Waals surface area contributed by atoms with Crippen molar-refractivity contribution in [3.05, 3.63) is 0 Å². The van der Waals surface area contributed by atoms with E-state index in [1.165, 1.54) is 0 Å². The standard InChI is InChI=1S/C8H21NO3Si/c1-5-12-8(9)6-7-13(4,10-2)11-3/h8H,5-7,9H2,1-4H3. The third-order valence-corrected chi connectivity index (χ3v) is 5.05. The molecular formula is C8H21NO3Si. The van der Waals surface area contributed by atoms with Gasteiger partial charge in [-0.3, -0.25) is 0 Å². The molecule has 0 saturated heterocycles. The first kappa shape index (κ1) is 13.1. The van der Waals surface area contributed by atoms with Crippen LogP contribution in [0.2, 0.25) is 12.6 Å². The Hall–Kier alpha value is 0.0569. The first-order chi connectivity index (χ1) is 6.08. The summed E-state index contributed by atoms with van der Waals surface area (Å²) in [5.41, 5.74) is 5.69. The van der Waals surface area contributed by atoms with Gasteiger partial charge in [-0.1, -0.05) is 0 Å². The molecule has 0 aromatic heterocycles. The third-order valence-electron chi connectivity index (χ3n) is 2.13. The molecule has 0 spiro atoms. The molecule has 1 atom stereocenters. The second-order valence-electron chi connectivity index (χ2n) is 3.07. The van der Waals surface area contributed by atoms with Gasteiger partial charge >= 0.3 is 8.56 Å². The Bertz CT molecular complexity index is 131. The lowest BCUT2D eigenvalue weighted by Crippen LogP contribution is -2.38.